The van der Waals surface area contributed by atoms with Gasteiger partial charge in [0.25, 0.3) is 15.9 Å². The van der Waals surface area contributed by atoms with Gasteiger partial charge in [0.2, 0.25) is 5.88 Å². The van der Waals surface area contributed by atoms with E-state index in [1.165, 1.54) is 55.8 Å². The third kappa shape index (κ3) is 6.36. The second-order valence-electron chi connectivity index (χ2n) is 12.7. The van der Waals surface area contributed by atoms with Crippen LogP contribution < -0.4 is 19.1 Å². The summed E-state index contributed by atoms with van der Waals surface area (Å²) in [6.45, 7) is 10.2. The summed E-state index contributed by atoms with van der Waals surface area (Å²) < 4.78 is 40.5. The van der Waals surface area contributed by atoms with E-state index in [1.54, 1.807) is 24.0 Å². The van der Waals surface area contributed by atoms with Gasteiger partial charge in [0.15, 0.2) is 5.54 Å². The number of piperidine rings is 1. The number of hydrogen-bond donors (Lipinski definition) is 1. The molecule has 4 heterocycles. The molecule has 13 nitrogen and oxygen atoms in total. The third-order valence-electron chi connectivity index (χ3n) is 9.82. The number of nitrogens with one attached hydrogen (secondary N) is 1. The SMILES string of the molecule is CCCN1CCN(C2CCN(C(=O)NC3(c4cccnc4OCC)C(=O)N(S(=O)(=O)c4ccc(OC)cc4)c4ccc(C#N)cc43)CC2)CC1. The van der Waals surface area contributed by atoms with Crippen molar-refractivity contribution in [2.75, 3.05) is 63.8 Å². The number of rotatable bonds is 10. The first-order chi connectivity index (χ1) is 24.2. The Hall–Kier alpha value is -4.71. The number of nitrogens with zero attached hydrogens (tertiary/aromatic N) is 6. The molecule has 0 saturated carbocycles. The summed E-state index contributed by atoms with van der Waals surface area (Å²) in [4.78, 5) is 40.3. The lowest BCUT2D eigenvalue weighted by molar-refractivity contribution is -0.121. The number of aromatic nitrogens is 1. The van der Waals surface area contributed by atoms with Crippen LogP contribution in [0.4, 0.5) is 10.5 Å². The number of methoxy groups -OCH3 is 1. The standard InChI is InChI=1S/C36H43N7O6S/c1-4-17-40-20-22-41(23-21-40)27-14-18-42(19-15-27)35(45)39-36(30-7-6-16-38-33(30)49-5-2)31-24-26(25-37)8-13-32(31)43(34(36)44)50(46,47)29-11-9-28(48-3)10-12-29/h6-13,16,24,27H,4-5,14-15,17-23H2,1-3H3,(H,39,45). The number of sulfonamides is 1. The highest BCUT2D eigenvalue weighted by Crippen LogP contribution is 2.49. The molecule has 3 aliphatic heterocycles. The van der Waals surface area contributed by atoms with E-state index in [4.69, 9.17) is 9.47 Å². The molecule has 2 aromatic carbocycles. The van der Waals surface area contributed by atoms with Crippen molar-refractivity contribution in [1.29, 1.82) is 5.26 Å². The highest BCUT2D eigenvalue weighted by Gasteiger charge is 2.59. The molecule has 6 rings (SSSR count). The van der Waals surface area contributed by atoms with Gasteiger partial charge in [-0.15, -0.1) is 0 Å². The summed E-state index contributed by atoms with van der Waals surface area (Å²) in [6.07, 6.45) is 4.17. The monoisotopic (exact) mass is 701 g/mol. The van der Waals surface area contributed by atoms with E-state index >= 15 is 4.79 Å². The fourth-order valence-electron chi connectivity index (χ4n) is 7.27. The fraction of sp³-hybridized carbons (Fsp3) is 0.444. The molecule has 2 fully saturated rings. The Morgan fingerprint density at radius 3 is 2.38 bits per heavy atom. The highest BCUT2D eigenvalue weighted by atomic mass is 32.2. The zero-order valence-corrected chi connectivity index (χ0v) is 29.5. The zero-order valence-electron chi connectivity index (χ0n) is 28.7. The van der Waals surface area contributed by atoms with Gasteiger partial charge in [-0.25, -0.2) is 18.2 Å². The number of likely N-dealkylation sites (tertiary alicyclic amines) is 1. The number of fused-ring (bicyclic) bond motifs is 1. The highest BCUT2D eigenvalue weighted by molar-refractivity contribution is 7.93. The first-order valence-electron chi connectivity index (χ1n) is 17.1. The van der Waals surface area contributed by atoms with E-state index in [-0.39, 0.29) is 39.8 Å². The number of benzene rings is 2. The van der Waals surface area contributed by atoms with Crippen molar-refractivity contribution >= 4 is 27.6 Å². The minimum atomic E-state index is -4.53. The average Bonchev–Trinajstić information content (AvgIpc) is 3.39. The van der Waals surface area contributed by atoms with Crippen LogP contribution in [0.15, 0.2) is 65.7 Å². The number of hydrogen-bond acceptors (Lipinski definition) is 10. The van der Waals surface area contributed by atoms with E-state index in [9.17, 15) is 18.5 Å². The second-order valence-corrected chi connectivity index (χ2v) is 14.4. The molecule has 1 N–H and O–H groups in total. The summed E-state index contributed by atoms with van der Waals surface area (Å²) in [7, 11) is -3.06. The molecule has 264 valence electrons. The van der Waals surface area contributed by atoms with E-state index in [2.05, 4.69) is 33.1 Å². The van der Waals surface area contributed by atoms with Crippen molar-refractivity contribution in [3.05, 3.63) is 77.5 Å². The first-order valence-corrected chi connectivity index (χ1v) is 18.5. The largest absolute Gasteiger partial charge is 0.497 e. The van der Waals surface area contributed by atoms with Crippen molar-refractivity contribution in [2.24, 2.45) is 0 Å². The molecule has 1 unspecified atom stereocenters. The van der Waals surface area contributed by atoms with Crippen LogP contribution in [0.1, 0.15) is 49.8 Å². The van der Waals surface area contributed by atoms with Gasteiger partial charge >= 0.3 is 6.03 Å². The molecular weight excluding hydrogens is 659 g/mol. The molecule has 2 saturated heterocycles. The maximum atomic E-state index is 15.0. The second kappa shape index (κ2) is 14.6. The number of anilines is 1. The van der Waals surface area contributed by atoms with E-state index in [1.807, 2.05) is 0 Å². The van der Waals surface area contributed by atoms with Crippen molar-refractivity contribution in [1.82, 2.24) is 25.0 Å². The molecule has 1 atom stereocenters. The number of carbonyl (C=O) groups is 2. The van der Waals surface area contributed by atoms with Crippen molar-refractivity contribution < 1.29 is 27.5 Å². The van der Waals surface area contributed by atoms with Gasteiger partial charge in [0.05, 0.1) is 41.5 Å². The van der Waals surface area contributed by atoms with E-state index in [0.29, 0.717) is 29.2 Å². The fourth-order valence-corrected chi connectivity index (χ4v) is 8.73. The molecule has 0 radical (unpaired) electrons. The Morgan fingerprint density at radius 2 is 1.74 bits per heavy atom. The maximum absolute atomic E-state index is 15.0. The Kier molecular flexibility index (Phi) is 10.3. The number of carbonyl (C=O) groups excluding carboxylic acids is 2. The van der Waals surface area contributed by atoms with Gasteiger partial charge in [-0.1, -0.05) is 6.92 Å². The van der Waals surface area contributed by atoms with Crippen LogP contribution in [0.5, 0.6) is 11.6 Å². The average molecular weight is 702 g/mol. The van der Waals surface area contributed by atoms with Crippen LogP contribution in [0.3, 0.4) is 0 Å². The first kappa shape index (κ1) is 35.1. The lowest BCUT2D eigenvalue weighted by Gasteiger charge is -2.43. The molecule has 3 aromatic rings. The predicted molar refractivity (Wildman–Crippen MR) is 186 cm³/mol. The van der Waals surface area contributed by atoms with Crippen LogP contribution in [0, 0.1) is 11.3 Å². The number of ether oxygens (including phenoxy) is 2. The molecule has 3 amide bonds. The predicted octanol–water partition coefficient (Wildman–Crippen LogP) is 3.54. The number of piperazine rings is 1. The Balaban J connectivity index is 1.38. The molecule has 0 spiro atoms. The van der Waals surface area contributed by atoms with Gasteiger partial charge < -0.3 is 24.6 Å². The number of amides is 3. The molecule has 0 bridgehead atoms. The summed E-state index contributed by atoms with van der Waals surface area (Å²) in [5.74, 6) is -0.446. The quantitative estimate of drug-likeness (QED) is 0.333. The van der Waals surface area contributed by atoms with Crippen LogP contribution in [-0.2, 0) is 20.4 Å². The lowest BCUT2D eigenvalue weighted by atomic mass is 9.83. The number of pyridine rings is 1. The number of nitriles is 1. The Labute approximate surface area is 293 Å². The van der Waals surface area contributed by atoms with Gasteiger partial charge in [-0.05, 0) is 87.3 Å². The van der Waals surface area contributed by atoms with Crippen LogP contribution in [0.2, 0.25) is 0 Å². The molecule has 14 heteroatoms. The smallest absolute Gasteiger partial charge is 0.318 e. The van der Waals surface area contributed by atoms with Gasteiger partial charge in [-0.2, -0.15) is 9.57 Å². The van der Waals surface area contributed by atoms with E-state index in [0.717, 1.165) is 52.0 Å². The van der Waals surface area contributed by atoms with Crippen LogP contribution >= 0.6 is 0 Å². The molecular formula is C36H43N7O6S. The van der Waals surface area contributed by atoms with E-state index < -0.39 is 27.5 Å². The summed E-state index contributed by atoms with van der Waals surface area (Å²) in [6, 6.07) is 15.1. The minimum absolute atomic E-state index is 0.0114. The molecule has 0 aliphatic carbocycles. The Bertz CT molecular complexity index is 1870. The number of urea groups is 1. The molecule has 50 heavy (non-hydrogen) atoms. The van der Waals surface area contributed by atoms with Crippen molar-refractivity contribution in [2.45, 2.75) is 49.6 Å². The van der Waals surface area contributed by atoms with Crippen LogP contribution in [-0.4, -0.2) is 106 Å². The molecule has 1 aromatic heterocycles. The van der Waals surface area contributed by atoms with Crippen molar-refractivity contribution in [3.8, 4) is 17.7 Å². The van der Waals surface area contributed by atoms with Gasteiger partial charge in [0, 0.05) is 57.1 Å². The summed E-state index contributed by atoms with van der Waals surface area (Å²) in [5, 5.41) is 12.9. The normalized spacial score (nSPS) is 20.3. The minimum Gasteiger partial charge on any atom is -0.497 e. The van der Waals surface area contributed by atoms with Gasteiger partial charge in [-0.3, -0.25) is 9.69 Å². The zero-order chi connectivity index (χ0) is 35.5. The third-order valence-corrected chi connectivity index (χ3v) is 11.5. The summed E-state index contributed by atoms with van der Waals surface area (Å²) in [5.41, 5.74) is -1.62. The summed E-state index contributed by atoms with van der Waals surface area (Å²) >= 11 is 0. The van der Waals surface area contributed by atoms with Gasteiger partial charge in [0.1, 0.15) is 5.75 Å². The Morgan fingerprint density at radius 1 is 1.02 bits per heavy atom. The topological polar surface area (TPSA) is 148 Å². The van der Waals surface area contributed by atoms with Crippen molar-refractivity contribution in [3.63, 3.8) is 0 Å². The van der Waals surface area contributed by atoms with Crippen LogP contribution in [0.25, 0.3) is 0 Å². The molecule has 3 aliphatic rings. The maximum Gasteiger partial charge on any atom is 0.318 e. The lowest BCUT2D eigenvalue weighted by Crippen LogP contribution is -2.59.